The Balaban J connectivity index is 1.92. The largest absolute Gasteiger partial charge is 0.478 e. The van der Waals surface area contributed by atoms with Gasteiger partial charge in [-0.15, -0.1) is 0 Å². The number of aliphatic hydroxyl groups excluding tert-OH is 4. The summed E-state index contributed by atoms with van der Waals surface area (Å²) in [5, 5.41) is 38.4. The number of allylic oxidation sites excluding steroid dienone is 2. The third-order valence-electron chi connectivity index (χ3n) is 6.21. The average Bonchev–Trinajstić information content (AvgIpc) is 3.45. The van der Waals surface area contributed by atoms with E-state index in [1.807, 2.05) is 0 Å². The maximum absolute atomic E-state index is 9.63. The zero-order valence-corrected chi connectivity index (χ0v) is 19.5. The molecule has 0 bridgehead atoms. The fourth-order valence-corrected chi connectivity index (χ4v) is 3.87. The Bertz CT molecular complexity index is 626. The Morgan fingerprint density at radius 2 is 1.41 bits per heavy atom. The lowest BCUT2D eigenvalue weighted by Gasteiger charge is -2.16. The van der Waals surface area contributed by atoms with Crippen LogP contribution in [-0.2, 0) is 9.47 Å². The summed E-state index contributed by atoms with van der Waals surface area (Å²) >= 11 is 0. The molecule has 4 N–H and O–H groups in total. The van der Waals surface area contributed by atoms with Crippen molar-refractivity contribution in [3.8, 4) is 0 Å². The Morgan fingerprint density at radius 3 is 2.00 bits per heavy atom. The molecule has 0 aliphatic carbocycles. The highest BCUT2D eigenvalue weighted by atomic mass is 16.5. The van der Waals surface area contributed by atoms with E-state index >= 15 is 0 Å². The van der Waals surface area contributed by atoms with Crippen LogP contribution in [0.3, 0.4) is 0 Å². The van der Waals surface area contributed by atoms with E-state index in [9.17, 15) is 20.4 Å². The lowest BCUT2D eigenvalue weighted by molar-refractivity contribution is 0.0958. The number of ether oxygens (including phenoxy) is 2. The summed E-state index contributed by atoms with van der Waals surface area (Å²) < 4.78 is 11.4. The number of nitrogens with zero attached hydrogens (tertiary/aromatic N) is 2. The van der Waals surface area contributed by atoms with E-state index in [1.54, 1.807) is 0 Å². The first kappa shape index (κ1) is 26.8. The van der Waals surface area contributed by atoms with Crippen molar-refractivity contribution >= 4 is 11.8 Å². The molecule has 0 saturated heterocycles. The molecular weight excluding hydrogens is 412 g/mol. The third kappa shape index (κ3) is 7.83. The number of aliphatic imine (C=N–C) groups is 2. The normalized spacial score (nSPS) is 20.2. The van der Waals surface area contributed by atoms with Crippen LogP contribution >= 0.6 is 0 Å². The lowest BCUT2D eigenvalue weighted by atomic mass is 9.99. The molecule has 32 heavy (non-hydrogen) atoms. The summed E-state index contributed by atoms with van der Waals surface area (Å²) in [6.45, 7) is 1.36. The third-order valence-corrected chi connectivity index (χ3v) is 6.21. The number of unbranched alkanes of at least 4 members (excludes halogenated alkanes) is 7. The van der Waals surface area contributed by atoms with E-state index in [0.717, 1.165) is 6.42 Å². The van der Waals surface area contributed by atoms with Gasteiger partial charge in [0.1, 0.15) is 24.3 Å². The van der Waals surface area contributed by atoms with Crippen molar-refractivity contribution in [2.75, 3.05) is 39.6 Å². The van der Waals surface area contributed by atoms with Crippen molar-refractivity contribution in [1.82, 2.24) is 0 Å². The molecule has 0 fully saturated rings. The van der Waals surface area contributed by atoms with Crippen molar-refractivity contribution in [2.24, 2.45) is 15.9 Å². The SMILES string of the molecule is CCCCCCCCC/C=C/CC(CC1=NC(CO)(CO)CO1)C1=NC(CO)(CO)CO1. The number of aliphatic hydroxyl groups is 4. The van der Waals surface area contributed by atoms with Crippen LogP contribution in [0, 0.1) is 5.92 Å². The number of hydrogen-bond donors (Lipinski definition) is 4. The second-order valence-electron chi connectivity index (χ2n) is 9.13. The molecular formula is C24H42N2O6. The first-order valence-electron chi connectivity index (χ1n) is 12.1. The number of rotatable bonds is 17. The highest BCUT2D eigenvalue weighted by Gasteiger charge is 2.40. The molecule has 0 aromatic heterocycles. The van der Waals surface area contributed by atoms with Gasteiger partial charge >= 0.3 is 0 Å². The van der Waals surface area contributed by atoms with E-state index in [0.29, 0.717) is 24.6 Å². The van der Waals surface area contributed by atoms with Crippen LogP contribution in [0.4, 0.5) is 0 Å². The molecule has 1 unspecified atom stereocenters. The minimum Gasteiger partial charge on any atom is -0.478 e. The van der Waals surface area contributed by atoms with Crippen LogP contribution < -0.4 is 0 Å². The van der Waals surface area contributed by atoms with Crippen molar-refractivity contribution in [2.45, 2.75) is 82.2 Å². The first-order chi connectivity index (χ1) is 15.6. The van der Waals surface area contributed by atoms with Gasteiger partial charge in [-0.2, -0.15) is 0 Å². The Labute approximate surface area is 192 Å². The smallest absolute Gasteiger partial charge is 0.188 e. The van der Waals surface area contributed by atoms with Gasteiger partial charge in [0, 0.05) is 12.3 Å². The molecule has 2 heterocycles. The topological polar surface area (TPSA) is 124 Å². The standard InChI is InChI=1S/C24H42N2O6/c1-2-3-4-5-6-7-8-9-10-11-12-20(22-26-24(16-29,17-30)19-32-22)13-21-25-23(14-27,15-28)18-31-21/h10-11,20,27-30H,2-9,12-19H2,1H3/b11-10+. The van der Waals surface area contributed by atoms with Gasteiger partial charge in [-0.3, -0.25) is 0 Å². The van der Waals surface area contributed by atoms with E-state index in [-0.39, 0.29) is 45.6 Å². The maximum atomic E-state index is 9.63. The van der Waals surface area contributed by atoms with Gasteiger partial charge in [-0.25, -0.2) is 9.98 Å². The quantitative estimate of drug-likeness (QED) is 0.198. The highest BCUT2D eigenvalue weighted by molar-refractivity contribution is 5.88. The Kier molecular flexibility index (Phi) is 11.7. The Hall–Kier alpha value is -1.48. The zero-order valence-electron chi connectivity index (χ0n) is 19.5. The molecule has 2 aliphatic heterocycles. The second kappa shape index (κ2) is 13.9. The molecule has 0 spiro atoms. The van der Waals surface area contributed by atoms with Gasteiger partial charge in [0.05, 0.1) is 26.4 Å². The molecule has 2 aliphatic rings. The molecule has 0 amide bonds. The summed E-state index contributed by atoms with van der Waals surface area (Å²) in [6, 6.07) is 0. The minimum absolute atomic E-state index is 0.137. The lowest BCUT2D eigenvalue weighted by Crippen LogP contribution is -2.37. The predicted octanol–water partition coefficient (Wildman–Crippen LogP) is 2.38. The van der Waals surface area contributed by atoms with Crippen LogP contribution in [0.25, 0.3) is 0 Å². The molecule has 1 atom stereocenters. The second-order valence-corrected chi connectivity index (χ2v) is 9.13. The van der Waals surface area contributed by atoms with Gasteiger partial charge in [0.15, 0.2) is 11.8 Å². The van der Waals surface area contributed by atoms with Gasteiger partial charge in [0.2, 0.25) is 0 Å². The molecule has 8 heteroatoms. The minimum atomic E-state index is -1.01. The van der Waals surface area contributed by atoms with Crippen LogP contribution in [0.5, 0.6) is 0 Å². The van der Waals surface area contributed by atoms with Gasteiger partial charge in [0.25, 0.3) is 0 Å². The highest BCUT2D eigenvalue weighted by Crippen LogP contribution is 2.28. The molecule has 0 aromatic rings. The molecule has 0 radical (unpaired) electrons. The van der Waals surface area contributed by atoms with Gasteiger partial charge in [-0.05, 0) is 19.3 Å². The number of hydrogen-bond acceptors (Lipinski definition) is 8. The summed E-state index contributed by atoms with van der Waals surface area (Å²) in [5.41, 5.74) is -2.00. The average molecular weight is 455 g/mol. The summed E-state index contributed by atoms with van der Waals surface area (Å²) in [7, 11) is 0. The van der Waals surface area contributed by atoms with Crippen LogP contribution in [0.2, 0.25) is 0 Å². The summed E-state index contributed by atoms with van der Waals surface area (Å²) in [6.07, 6.45) is 15.4. The van der Waals surface area contributed by atoms with Crippen molar-refractivity contribution in [3.05, 3.63) is 12.2 Å². The molecule has 8 nitrogen and oxygen atoms in total. The molecule has 0 aromatic carbocycles. The van der Waals surface area contributed by atoms with E-state index in [2.05, 4.69) is 29.1 Å². The monoisotopic (exact) mass is 454 g/mol. The Morgan fingerprint density at radius 1 is 0.812 bits per heavy atom. The zero-order chi connectivity index (χ0) is 23.3. The van der Waals surface area contributed by atoms with Crippen LogP contribution in [0.1, 0.15) is 71.1 Å². The summed E-state index contributed by atoms with van der Waals surface area (Å²) in [4.78, 5) is 8.90. The fourth-order valence-electron chi connectivity index (χ4n) is 3.87. The van der Waals surface area contributed by atoms with Crippen LogP contribution in [0.15, 0.2) is 22.1 Å². The van der Waals surface area contributed by atoms with Crippen molar-refractivity contribution in [3.63, 3.8) is 0 Å². The fraction of sp³-hybridized carbons (Fsp3) is 0.833. The van der Waals surface area contributed by atoms with Crippen LogP contribution in [-0.4, -0.2) is 82.9 Å². The predicted molar refractivity (Wildman–Crippen MR) is 125 cm³/mol. The van der Waals surface area contributed by atoms with Crippen molar-refractivity contribution in [1.29, 1.82) is 0 Å². The molecule has 2 rings (SSSR count). The molecule has 0 saturated carbocycles. The van der Waals surface area contributed by atoms with E-state index in [4.69, 9.17) is 9.47 Å². The summed E-state index contributed by atoms with van der Waals surface area (Å²) in [5.74, 6) is 0.771. The van der Waals surface area contributed by atoms with Crippen molar-refractivity contribution < 1.29 is 29.9 Å². The first-order valence-corrected chi connectivity index (χ1v) is 12.1. The van der Waals surface area contributed by atoms with E-state index in [1.165, 1.54) is 44.9 Å². The maximum Gasteiger partial charge on any atom is 0.188 e. The van der Waals surface area contributed by atoms with Gasteiger partial charge < -0.3 is 29.9 Å². The van der Waals surface area contributed by atoms with Gasteiger partial charge in [-0.1, -0.05) is 57.6 Å². The molecule has 184 valence electrons. The van der Waals surface area contributed by atoms with E-state index < -0.39 is 11.1 Å².